The lowest BCUT2D eigenvalue weighted by Crippen LogP contribution is -2.65. The highest BCUT2D eigenvalue weighted by Gasteiger charge is 2.68. The van der Waals surface area contributed by atoms with Crippen LogP contribution in [0.15, 0.2) is 0 Å². The Kier molecular flexibility index (Phi) is 5.09. The van der Waals surface area contributed by atoms with E-state index in [1.54, 1.807) is 0 Å². The molecule has 3 fully saturated rings. The zero-order chi connectivity index (χ0) is 19.5. The Morgan fingerprint density at radius 1 is 0.962 bits per heavy atom. The van der Waals surface area contributed by atoms with E-state index in [0.717, 1.165) is 38.5 Å². The molecule has 3 saturated carbocycles. The minimum absolute atomic E-state index is 0.0375. The van der Waals surface area contributed by atoms with Crippen molar-refractivity contribution in [2.45, 2.75) is 97.4 Å². The zero-order valence-electron chi connectivity index (χ0n) is 17.3. The van der Waals surface area contributed by atoms with Crippen molar-refractivity contribution < 1.29 is 20.4 Å². The molecule has 0 aromatic heterocycles. The fraction of sp³-hybridized carbons (Fsp3) is 1.00. The summed E-state index contributed by atoms with van der Waals surface area (Å²) in [6, 6.07) is 0. The summed E-state index contributed by atoms with van der Waals surface area (Å²) in [5.74, 6) is 0.399. The fourth-order valence-corrected chi connectivity index (χ4v) is 8.05. The van der Waals surface area contributed by atoms with E-state index in [1.165, 1.54) is 0 Å². The highest BCUT2D eigenvalue weighted by molar-refractivity contribution is 5.17. The van der Waals surface area contributed by atoms with E-state index < -0.39 is 17.8 Å². The molecule has 0 bridgehead atoms. The maximum Gasteiger partial charge on any atom is 0.0625 e. The third kappa shape index (κ3) is 2.70. The van der Waals surface area contributed by atoms with E-state index in [0.29, 0.717) is 6.42 Å². The van der Waals surface area contributed by atoms with Gasteiger partial charge in [-0.1, -0.05) is 20.8 Å². The van der Waals surface area contributed by atoms with Crippen LogP contribution in [0.25, 0.3) is 0 Å². The largest absolute Gasteiger partial charge is 0.396 e. The molecular formula is C22H40O4. The van der Waals surface area contributed by atoms with Crippen molar-refractivity contribution in [1.29, 1.82) is 0 Å². The highest BCUT2D eigenvalue weighted by Crippen LogP contribution is 2.72. The van der Waals surface area contributed by atoms with Gasteiger partial charge in [-0.15, -0.1) is 0 Å². The summed E-state index contributed by atoms with van der Waals surface area (Å²) in [7, 11) is 0. The van der Waals surface area contributed by atoms with E-state index in [1.807, 2.05) is 13.8 Å². The Labute approximate surface area is 159 Å². The molecule has 0 heterocycles. The van der Waals surface area contributed by atoms with Crippen LogP contribution in [-0.2, 0) is 0 Å². The number of hydrogen-bond donors (Lipinski definition) is 4. The smallest absolute Gasteiger partial charge is 0.0625 e. The van der Waals surface area contributed by atoms with Crippen LogP contribution in [0.5, 0.6) is 0 Å². The monoisotopic (exact) mass is 368 g/mol. The summed E-state index contributed by atoms with van der Waals surface area (Å²) in [5.41, 5.74) is -0.931. The first-order valence-electron chi connectivity index (χ1n) is 10.6. The Morgan fingerprint density at radius 3 is 2.15 bits per heavy atom. The zero-order valence-corrected chi connectivity index (χ0v) is 17.3. The van der Waals surface area contributed by atoms with Gasteiger partial charge >= 0.3 is 0 Å². The van der Waals surface area contributed by atoms with Gasteiger partial charge in [0, 0.05) is 12.5 Å². The predicted molar refractivity (Wildman–Crippen MR) is 103 cm³/mol. The molecule has 0 amide bonds. The van der Waals surface area contributed by atoms with Crippen molar-refractivity contribution in [3.63, 3.8) is 0 Å². The van der Waals surface area contributed by atoms with Gasteiger partial charge in [0.15, 0.2) is 0 Å². The molecule has 0 aromatic carbocycles. The van der Waals surface area contributed by atoms with Crippen LogP contribution in [-0.4, -0.2) is 44.8 Å². The van der Waals surface area contributed by atoms with Crippen LogP contribution in [0, 0.1) is 34.0 Å². The van der Waals surface area contributed by atoms with Gasteiger partial charge in [-0.25, -0.2) is 0 Å². The van der Waals surface area contributed by atoms with Gasteiger partial charge in [0.05, 0.1) is 17.8 Å². The van der Waals surface area contributed by atoms with Gasteiger partial charge in [-0.2, -0.15) is 0 Å². The van der Waals surface area contributed by atoms with Crippen molar-refractivity contribution in [1.82, 2.24) is 0 Å². The van der Waals surface area contributed by atoms with Crippen molar-refractivity contribution in [2.75, 3.05) is 6.61 Å². The summed E-state index contributed by atoms with van der Waals surface area (Å²) in [5, 5.41) is 42.1. The van der Waals surface area contributed by atoms with Crippen LogP contribution < -0.4 is 0 Å². The normalized spacial score (nSPS) is 51.8. The summed E-state index contributed by atoms with van der Waals surface area (Å²) in [6.07, 6.45) is 5.16. The molecule has 4 N–H and O–H groups in total. The lowest BCUT2D eigenvalue weighted by molar-refractivity contribution is -0.231. The minimum atomic E-state index is -0.774. The molecule has 0 spiro atoms. The number of aliphatic hydroxyl groups is 4. The summed E-state index contributed by atoms with van der Waals surface area (Å²) in [4.78, 5) is 0. The molecule has 4 heteroatoms. The second-order valence-electron chi connectivity index (χ2n) is 10.9. The average Bonchev–Trinajstić information content (AvgIpc) is 2.84. The first-order chi connectivity index (χ1) is 11.9. The van der Waals surface area contributed by atoms with Crippen LogP contribution in [0.1, 0.15) is 79.6 Å². The fourth-order valence-electron chi connectivity index (χ4n) is 8.05. The van der Waals surface area contributed by atoms with Crippen molar-refractivity contribution in [3.8, 4) is 0 Å². The highest BCUT2D eigenvalue weighted by atomic mass is 16.3. The van der Waals surface area contributed by atoms with E-state index in [4.69, 9.17) is 0 Å². The molecule has 0 radical (unpaired) electrons. The van der Waals surface area contributed by atoms with E-state index in [-0.39, 0.29) is 40.6 Å². The molecule has 3 aliphatic rings. The Balaban J connectivity index is 2.07. The molecule has 0 aliphatic heterocycles. The summed E-state index contributed by atoms with van der Waals surface area (Å²) >= 11 is 0. The van der Waals surface area contributed by atoms with Gasteiger partial charge in [0.1, 0.15) is 0 Å². The quantitative estimate of drug-likeness (QED) is 0.615. The van der Waals surface area contributed by atoms with Crippen molar-refractivity contribution >= 4 is 0 Å². The Bertz CT molecular complexity index is 529. The Hall–Kier alpha value is -0.160. The second kappa shape index (κ2) is 6.43. The molecule has 0 aromatic rings. The maximum atomic E-state index is 11.0. The minimum Gasteiger partial charge on any atom is -0.396 e. The summed E-state index contributed by atoms with van der Waals surface area (Å²) < 4.78 is 0. The topological polar surface area (TPSA) is 80.9 Å². The van der Waals surface area contributed by atoms with Crippen LogP contribution in [0.3, 0.4) is 0 Å². The Morgan fingerprint density at radius 2 is 1.58 bits per heavy atom. The van der Waals surface area contributed by atoms with Gasteiger partial charge in [0.2, 0.25) is 0 Å². The van der Waals surface area contributed by atoms with Gasteiger partial charge in [0.25, 0.3) is 0 Å². The van der Waals surface area contributed by atoms with Gasteiger partial charge in [-0.05, 0) is 86.9 Å². The van der Waals surface area contributed by atoms with E-state index >= 15 is 0 Å². The van der Waals surface area contributed by atoms with E-state index in [2.05, 4.69) is 20.8 Å². The molecule has 152 valence electrons. The first kappa shape index (κ1) is 20.6. The van der Waals surface area contributed by atoms with Gasteiger partial charge in [-0.3, -0.25) is 0 Å². The van der Waals surface area contributed by atoms with Gasteiger partial charge < -0.3 is 20.4 Å². The van der Waals surface area contributed by atoms with Crippen LogP contribution in [0.2, 0.25) is 0 Å². The third-order valence-corrected chi connectivity index (χ3v) is 9.35. The number of rotatable bonds is 4. The molecule has 0 saturated heterocycles. The molecule has 26 heavy (non-hydrogen) atoms. The number of hydrogen-bond acceptors (Lipinski definition) is 4. The molecule has 4 nitrogen and oxygen atoms in total. The predicted octanol–water partition coefficient (Wildman–Crippen LogP) is 3.11. The molecule has 3 aliphatic carbocycles. The molecule has 8 atom stereocenters. The summed E-state index contributed by atoms with van der Waals surface area (Å²) in [6.45, 7) is 11.0. The molecule has 0 unspecified atom stereocenters. The SMILES string of the molecule is CC(C)(O)[C@@H]1CC[C@]2(C)[C@H](C[C@@H](O)[C@@H]3[C@@H](O)CC[C@]32C)[C@@]1(C)CCCO. The molecule has 3 rings (SSSR count). The maximum absolute atomic E-state index is 11.0. The van der Waals surface area contributed by atoms with Crippen LogP contribution in [0.4, 0.5) is 0 Å². The lowest BCUT2D eigenvalue weighted by atomic mass is 9.37. The lowest BCUT2D eigenvalue weighted by Gasteiger charge is -2.68. The second-order valence-corrected chi connectivity index (χ2v) is 10.9. The number of aliphatic hydroxyl groups excluding tert-OH is 3. The van der Waals surface area contributed by atoms with Crippen LogP contribution >= 0.6 is 0 Å². The molecular weight excluding hydrogens is 328 g/mol. The van der Waals surface area contributed by atoms with Crippen molar-refractivity contribution in [2.24, 2.45) is 34.0 Å². The van der Waals surface area contributed by atoms with Crippen molar-refractivity contribution in [3.05, 3.63) is 0 Å². The third-order valence-electron chi connectivity index (χ3n) is 9.35. The van der Waals surface area contributed by atoms with E-state index in [9.17, 15) is 20.4 Å². The standard InChI is InChI=1S/C22H40O4/c1-19(2,26)16-8-11-21(4)17(20(16,3)9-6-12-23)13-15(25)18-14(24)7-10-22(18,21)5/h14-18,23-26H,6-13H2,1-5H3/t14-,15+,16-,17+,18-,20-,21+,22+/m0/s1. The first-order valence-corrected chi connectivity index (χ1v) is 10.6. The average molecular weight is 369 g/mol. The number of fused-ring (bicyclic) bond motifs is 3.